The number of benzene rings is 1. The van der Waals surface area contributed by atoms with E-state index < -0.39 is 12.2 Å². The van der Waals surface area contributed by atoms with Gasteiger partial charge in [0.15, 0.2) is 11.6 Å². The maximum atomic E-state index is 11.9. The molecule has 0 amide bonds. The molecule has 5 nitrogen and oxygen atoms in total. The molecule has 0 saturated carbocycles. The number of aliphatic hydroxyl groups is 2. The van der Waals surface area contributed by atoms with Crippen LogP contribution in [0.1, 0.15) is 51.3 Å². The van der Waals surface area contributed by atoms with E-state index in [9.17, 15) is 24.9 Å². The normalized spacial score (nSPS) is 22.8. The minimum atomic E-state index is -1.22. The number of hydrogen-bond acceptors (Lipinski definition) is 5. The number of carbonyl (C=O) groups is 2. The number of phenols is 1. The Balaban J connectivity index is 2.76. The van der Waals surface area contributed by atoms with Gasteiger partial charge >= 0.3 is 0 Å². The lowest BCUT2D eigenvalue weighted by atomic mass is 9.81. The molecule has 0 radical (unpaired) electrons. The van der Waals surface area contributed by atoms with Gasteiger partial charge in [-0.2, -0.15) is 0 Å². The number of aromatic hydroxyl groups is 1. The molecule has 96 valence electrons. The highest BCUT2D eigenvalue weighted by molar-refractivity contribution is 6.06. The molecule has 0 unspecified atom stereocenters. The van der Waals surface area contributed by atoms with Crippen molar-refractivity contribution in [2.75, 3.05) is 0 Å². The standard InChI is InChI=1S/C13H14O5/c1-5-11(6(2)14)8(15)3-7-12(5)9(16)4-10(17)13(7)18/h3,10,13,15,17-18H,4H2,1-2H3/t10-,13+/m1/s1. The van der Waals surface area contributed by atoms with Gasteiger partial charge in [0.1, 0.15) is 11.9 Å². The van der Waals surface area contributed by atoms with E-state index in [0.717, 1.165) is 0 Å². The third kappa shape index (κ3) is 1.72. The first-order valence-corrected chi connectivity index (χ1v) is 5.61. The average Bonchev–Trinajstić information content (AvgIpc) is 2.24. The molecular formula is C13H14O5. The van der Waals surface area contributed by atoms with Crippen molar-refractivity contribution in [1.29, 1.82) is 0 Å². The van der Waals surface area contributed by atoms with E-state index in [4.69, 9.17) is 0 Å². The zero-order valence-corrected chi connectivity index (χ0v) is 10.1. The highest BCUT2D eigenvalue weighted by Gasteiger charge is 2.34. The maximum absolute atomic E-state index is 11.9. The lowest BCUT2D eigenvalue weighted by molar-refractivity contribution is 0.00853. The second-order valence-electron chi connectivity index (χ2n) is 4.56. The summed E-state index contributed by atoms with van der Waals surface area (Å²) >= 11 is 0. The highest BCUT2D eigenvalue weighted by Crippen LogP contribution is 2.37. The van der Waals surface area contributed by atoms with Crippen LogP contribution in [0.3, 0.4) is 0 Å². The highest BCUT2D eigenvalue weighted by atomic mass is 16.3. The molecule has 0 heterocycles. The summed E-state index contributed by atoms with van der Waals surface area (Å²) in [6, 6.07) is 1.18. The van der Waals surface area contributed by atoms with Crippen molar-refractivity contribution in [2.24, 2.45) is 0 Å². The third-order valence-electron chi connectivity index (χ3n) is 3.30. The molecule has 18 heavy (non-hydrogen) atoms. The summed E-state index contributed by atoms with van der Waals surface area (Å²) in [6.45, 7) is 2.85. The Kier molecular flexibility index (Phi) is 2.96. The van der Waals surface area contributed by atoms with Crippen LogP contribution in [0.25, 0.3) is 0 Å². The molecule has 0 aromatic heterocycles. The van der Waals surface area contributed by atoms with Crippen LogP contribution in [0.5, 0.6) is 5.75 Å². The smallest absolute Gasteiger partial charge is 0.166 e. The van der Waals surface area contributed by atoms with Gasteiger partial charge in [0.2, 0.25) is 0 Å². The number of carbonyl (C=O) groups excluding carboxylic acids is 2. The van der Waals surface area contributed by atoms with Crippen molar-refractivity contribution in [2.45, 2.75) is 32.5 Å². The van der Waals surface area contributed by atoms with Gasteiger partial charge in [0.25, 0.3) is 0 Å². The van der Waals surface area contributed by atoms with Gasteiger partial charge in [0, 0.05) is 12.0 Å². The number of ketones is 2. The Morgan fingerprint density at radius 1 is 1.39 bits per heavy atom. The van der Waals surface area contributed by atoms with E-state index >= 15 is 0 Å². The Hall–Kier alpha value is -1.72. The average molecular weight is 250 g/mol. The molecule has 0 spiro atoms. The molecule has 0 saturated heterocycles. The molecule has 0 bridgehead atoms. The maximum Gasteiger partial charge on any atom is 0.166 e. The number of hydrogen-bond donors (Lipinski definition) is 3. The number of aliphatic hydroxyl groups excluding tert-OH is 2. The van der Waals surface area contributed by atoms with Gasteiger partial charge in [0.05, 0.1) is 11.7 Å². The minimum absolute atomic E-state index is 0.0886. The van der Waals surface area contributed by atoms with Crippen molar-refractivity contribution in [3.05, 3.63) is 28.3 Å². The Morgan fingerprint density at radius 3 is 2.56 bits per heavy atom. The second-order valence-corrected chi connectivity index (χ2v) is 4.56. The number of rotatable bonds is 1. The van der Waals surface area contributed by atoms with E-state index in [2.05, 4.69) is 0 Å². The summed E-state index contributed by atoms with van der Waals surface area (Å²) in [4.78, 5) is 23.3. The monoisotopic (exact) mass is 250 g/mol. The van der Waals surface area contributed by atoms with Gasteiger partial charge in [-0.05, 0) is 31.0 Å². The molecule has 3 N–H and O–H groups in total. The first kappa shape index (κ1) is 12.7. The molecule has 0 aliphatic heterocycles. The Labute approximate surface area is 104 Å². The molecular weight excluding hydrogens is 236 g/mol. The Morgan fingerprint density at radius 2 is 2.00 bits per heavy atom. The molecule has 1 aliphatic rings. The van der Waals surface area contributed by atoms with Crippen LogP contribution in [0.2, 0.25) is 0 Å². The predicted octanol–water partition coefficient (Wildman–Crippen LogP) is 0.884. The fourth-order valence-electron chi connectivity index (χ4n) is 2.48. The van der Waals surface area contributed by atoms with Crippen LogP contribution in [0.15, 0.2) is 6.07 Å². The van der Waals surface area contributed by atoms with Crippen molar-refractivity contribution in [3.8, 4) is 5.75 Å². The summed E-state index contributed by atoms with van der Waals surface area (Å²) in [5.74, 6) is -0.955. The number of phenolic OH excluding ortho intramolecular Hbond substituents is 1. The van der Waals surface area contributed by atoms with Crippen molar-refractivity contribution >= 4 is 11.6 Å². The fourth-order valence-corrected chi connectivity index (χ4v) is 2.48. The summed E-state index contributed by atoms with van der Waals surface area (Å²) in [5.41, 5.74) is 0.855. The lowest BCUT2D eigenvalue weighted by Crippen LogP contribution is -2.30. The quantitative estimate of drug-likeness (QED) is 0.643. The molecule has 5 heteroatoms. The molecule has 0 fully saturated rings. The number of Topliss-reactive ketones (excluding diaryl/α,β-unsaturated/α-hetero) is 2. The van der Waals surface area contributed by atoms with Crippen LogP contribution >= 0.6 is 0 Å². The third-order valence-corrected chi connectivity index (χ3v) is 3.30. The van der Waals surface area contributed by atoms with E-state index in [1.165, 1.54) is 13.0 Å². The summed E-state index contributed by atoms with van der Waals surface area (Å²) in [6.07, 6.45) is -2.58. The van der Waals surface area contributed by atoms with Gasteiger partial charge in [-0.25, -0.2) is 0 Å². The van der Waals surface area contributed by atoms with E-state index in [1.54, 1.807) is 6.92 Å². The fraction of sp³-hybridized carbons (Fsp3) is 0.385. The van der Waals surface area contributed by atoms with Gasteiger partial charge < -0.3 is 15.3 Å². The molecule has 1 aromatic rings. The van der Waals surface area contributed by atoms with E-state index in [0.29, 0.717) is 5.56 Å². The first-order valence-electron chi connectivity index (χ1n) is 5.61. The van der Waals surface area contributed by atoms with Crippen LogP contribution in [0.4, 0.5) is 0 Å². The first-order chi connectivity index (χ1) is 8.34. The molecule has 2 rings (SSSR count). The zero-order valence-electron chi connectivity index (χ0n) is 10.1. The number of fused-ring (bicyclic) bond motifs is 1. The summed E-state index contributed by atoms with van der Waals surface area (Å²) < 4.78 is 0. The zero-order chi connectivity index (χ0) is 13.6. The molecule has 1 aliphatic carbocycles. The van der Waals surface area contributed by atoms with Crippen LogP contribution < -0.4 is 0 Å². The molecule has 1 aromatic carbocycles. The van der Waals surface area contributed by atoms with Crippen LogP contribution in [0, 0.1) is 6.92 Å². The van der Waals surface area contributed by atoms with Gasteiger partial charge in [-0.1, -0.05) is 0 Å². The van der Waals surface area contributed by atoms with Crippen LogP contribution in [-0.2, 0) is 0 Å². The van der Waals surface area contributed by atoms with E-state index in [1.807, 2.05) is 0 Å². The SMILES string of the molecule is CC(=O)c1c(O)cc2c(c1C)C(=O)C[C@@H](O)[C@H]2O. The Bertz CT molecular complexity index is 547. The van der Waals surface area contributed by atoms with Gasteiger partial charge in [-0.3, -0.25) is 9.59 Å². The van der Waals surface area contributed by atoms with Crippen molar-refractivity contribution in [1.82, 2.24) is 0 Å². The second kappa shape index (κ2) is 4.19. The topological polar surface area (TPSA) is 94.8 Å². The minimum Gasteiger partial charge on any atom is -0.507 e. The van der Waals surface area contributed by atoms with Crippen molar-refractivity contribution < 1.29 is 24.9 Å². The molecule has 2 atom stereocenters. The summed E-state index contributed by atoms with van der Waals surface area (Å²) in [7, 11) is 0. The van der Waals surface area contributed by atoms with Crippen LogP contribution in [-0.4, -0.2) is 33.0 Å². The van der Waals surface area contributed by atoms with Gasteiger partial charge in [-0.15, -0.1) is 0 Å². The van der Waals surface area contributed by atoms with Crippen molar-refractivity contribution in [3.63, 3.8) is 0 Å². The lowest BCUT2D eigenvalue weighted by Gasteiger charge is -2.27. The largest absolute Gasteiger partial charge is 0.507 e. The summed E-state index contributed by atoms with van der Waals surface area (Å²) in [5, 5.41) is 29.1. The predicted molar refractivity (Wildman–Crippen MR) is 62.8 cm³/mol. The van der Waals surface area contributed by atoms with E-state index in [-0.39, 0.29) is 40.4 Å².